The lowest BCUT2D eigenvalue weighted by Gasteiger charge is -2.36. The number of nitro benzene ring substituents is 1. The summed E-state index contributed by atoms with van der Waals surface area (Å²) in [5.74, 6) is -0.248. The molecule has 21 heavy (non-hydrogen) atoms. The van der Waals surface area contributed by atoms with Gasteiger partial charge in [0.05, 0.1) is 10.3 Å². The van der Waals surface area contributed by atoms with Crippen molar-refractivity contribution in [1.82, 2.24) is 0 Å². The number of aryl methyl sites for hydroxylation is 1. The Bertz CT molecular complexity index is 526. The fourth-order valence-electron chi connectivity index (χ4n) is 3.36. The largest absolute Gasteiger partial charge is 0.481 e. The first-order valence-electron chi connectivity index (χ1n) is 7.40. The Hall–Kier alpha value is -1.91. The molecule has 0 aliphatic heterocycles. The number of carbonyl (C=O) groups is 1. The predicted octanol–water partition coefficient (Wildman–Crippen LogP) is 3.81. The lowest BCUT2D eigenvalue weighted by Crippen LogP contribution is -2.36. The maximum Gasteiger partial charge on any atom is 0.309 e. The van der Waals surface area contributed by atoms with E-state index in [0.717, 1.165) is 31.2 Å². The molecular weight excluding hydrogens is 270 g/mol. The van der Waals surface area contributed by atoms with Crippen LogP contribution >= 0.6 is 0 Å². The van der Waals surface area contributed by atoms with E-state index < -0.39 is 16.3 Å². The predicted molar refractivity (Wildman–Crippen MR) is 79.1 cm³/mol. The summed E-state index contributed by atoms with van der Waals surface area (Å²) in [6.07, 6.45) is 4.79. The van der Waals surface area contributed by atoms with Crippen LogP contribution in [0.3, 0.4) is 0 Å². The number of hydrogen-bond donors (Lipinski definition) is 1. The minimum Gasteiger partial charge on any atom is -0.481 e. The van der Waals surface area contributed by atoms with E-state index in [0.29, 0.717) is 18.8 Å². The Balaban J connectivity index is 2.05. The second-order valence-electron chi connectivity index (χ2n) is 6.21. The van der Waals surface area contributed by atoms with E-state index in [1.807, 2.05) is 0 Å². The summed E-state index contributed by atoms with van der Waals surface area (Å²) in [6, 6.07) is 6.40. The molecule has 0 radical (unpaired) electrons. The molecule has 1 aromatic rings. The van der Waals surface area contributed by atoms with E-state index in [-0.39, 0.29) is 5.69 Å². The number of rotatable bonds is 5. The standard InChI is InChI=1S/C16H21NO4/c1-12-3-2-9-16(11-12,15(18)19)10-8-13-4-6-14(7-5-13)17(20)21/h4-7,12H,2-3,8-11H2,1H3,(H,18,19). The van der Waals surface area contributed by atoms with Crippen LogP contribution in [-0.4, -0.2) is 16.0 Å². The molecule has 1 N–H and O–H groups in total. The maximum absolute atomic E-state index is 11.7. The van der Waals surface area contributed by atoms with Crippen LogP contribution in [0.1, 0.15) is 44.6 Å². The van der Waals surface area contributed by atoms with Gasteiger partial charge in [0.2, 0.25) is 0 Å². The minimum absolute atomic E-state index is 0.0676. The van der Waals surface area contributed by atoms with Gasteiger partial charge < -0.3 is 5.11 Å². The van der Waals surface area contributed by atoms with E-state index in [4.69, 9.17) is 0 Å². The van der Waals surface area contributed by atoms with Crippen molar-refractivity contribution in [3.63, 3.8) is 0 Å². The van der Waals surface area contributed by atoms with E-state index in [2.05, 4.69) is 6.92 Å². The zero-order valence-electron chi connectivity index (χ0n) is 12.2. The molecule has 0 bridgehead atoms. The van der Waals surface area contributed by atoms with E-state index >= 15 is 0 Å². The summed E-state index contributed by atoms with van der Waals surface area (Å²) in [5, 5.41) is 20.2. The molecule has 114 valence electrons. The minimum atomic E-state index is -0.698. The van der Waals surface area contributed by atoms with Crippen LogP contribution in [0.2, 0.25) is 0 Å². The van der Waals surface area contributed by atoms with Crippen molar-refractivity contribution in [1.29, 1.82) is 0 Å². The van der Waals surface area contributed by atoms with E-state index in [1.54, 1.807) is 12.1 Å². The smallest absolute Gasteiger partial charge is 0.309 e. The van der Waals surface area contributed by atoms with Gasteiger partial charge in [-0.15, -0.1) is 0 Å². The fourth-order valence-corrected chi connectivity index (χ4v) is 3.36. The molecule has 0 aromatic heterocycles. The number of nitro groups is 1. The van der Waals surface area contributed by atoms with Crippen LogP contribution in [0.4, 0.5) is 5.69 Å². The molecule has 0 saturated heterocycles. The highest BCUT2D eigenvalue weighted by Crippen LogP contribution is 2.43. The molecule has 2 atom stereocenters. The summed E-state index contributed by atoms with van der Waals surface area (Å²) in [4.78, 5) is 21.9. The first kappa shape index (κ1) is 15.5. The molecule has 0 heterocycles. The molecular formula is C16H21NO4. The molecule has 1 aliphatic carbocycles. The van der Waals surface area contributed by atoms with Crippen LogP contribution in [0.15, 0.2) is 24.3 Å². The van der Waals surface area contributed by atoms with E-state index in [1.165, 1.54) is 12.1 Å². The number of carboxylic acids is 1. The number of nitrogens with zero attached hydrogens (tertiary/aromatic N) is 1. The van der Waals surface area contributed by atoms with Crippen LogP contribution in [0.25, 0.3) is 0 Å². The van der Waals surface area contributed by atoms with Gasteiger partial charge in [-0.3, -0.25) is 14.9 Å². The van der Waals surface area contributed by atoms with Crippen molar-refractivity contribution >= 4 is 11.7 Å². The third-order valence-electron chi connectivity index (χ3n) is 4.58. The van der Waals surface area contributed by atoms with Gasteiger partial charge >= 0.3 is 5.97 Å². The summed E-state index contributed by atoms with van der Waals surface area (Å²) >= 11 is 0. The summed E-state index contributed by atoms with van der Waals surface area (Å²) < 4.78 is 0. The van der Waals surface area contributed by atoms with Crippen LogP contribution < -0.4 is 0 Å². The molecule has 0 amide bonds. The van der Waals surface area contributed by atoms with Crippen molar-refractivity contribution < 1.29 is 14.8 Å². The van der Waals surface area contributed by atoms with Gasteiger partial charge in [-0.05, 0) is 37.2 Å². The zero-order chi connectivity index (χ0) is 15.5. The van der Waals surface area contributed by atoms with Gasteiger partial charge in [0.15, 0.2) is 0 Å². The van der Waals surface area contributed by atoms with E-state index in [9.17, 15) is 20.0 Å². The second kappa shape index (κ2) is 6.24. The number of carboxylic acid groups (broad SMARTS) is 1. The molecule has 0 spiro atoms. The van der Waals surface area contributed by atoms with Gasteiger partial charge in [0, 0.05) is 12.1 Å². The monoisotopic (exact) mass is 291 g/mol. The highest BCUT2D eigenvalue weighted by Gasteiger charge is 2.41. The molecule has 1 saturated carbocycles. The summed E-state index contributed by atoms with van der Waals surface area (Å²) in [7, 11) is 0. The van der Waals surface area contributed by atoms with Crippen molar-refractivity contribution in [3.8, 4) is 0 Å². The van der Waals surface area contributed by atoms with Crippen LogP contribution in [0.5, 0.6) is 0 Å². The van der Waals surface area contributed by atoms with Gasteiger partial charge in [-0.25, -0.2) is 0 Å². The second-order valence-corrected chi connectivity index (χ2v) is 6.21. The highest BCUT2D eigenvalue weighted by atomic mass is 16.6. The van der Waals surface area contributed by atoms with Crippen molar-refractivity contribution in [2.45, 2.75) is 45.4 Å². The molecule has 1 aliphatic rings. The number of aliphatic carboxylic acids is 1. The number of hydrogen-bond acceptors (Lipinski definition) is 3. The third kappa shape index (κ3) is 3.60. The molecule has 5 nitrogen and oxygen atoms in total. The molecule has 2 unspecified atom stereocenters. The van der Waals surface area contributed by atoms with Gasteiger partial charge in [-0.1, -0.05) is 31.9 Å². The number of non-ortho nitro benzene ring substituents is 1. The summed E-state index contributed by atoms with van der Waals surface area (Å²) in [6.45, 7) is 2.11. The van der Waals surface area contributed by atoms with Crippen LogP contribution in [-0.2, 0) is 11.2 Å². The van der Waals surface area contributed by atoms with Crippen molar-refractivity contribution in [2.75, 3.05) is 0 Å². The van der Waals surface area contributed by atoms with Crippen molar-refractivity contribution in [3.05, 3.63) is 39.9 Å². The topological polar surface area (TPSA) is 80.4 Å². The Labute approximate surface area is 124 Å². The van der Waals surface area contributed by atoms with Crippen LogP contribution in [0, 0.1) is 21.4 Å². The summed E-state index contributed by atoms with van der Waals surface area (Å²) in [5.41, 5.74) is 0.400. The fraction of sp³-hybridized carbons (Fsp3) is 0.562. The first-order valence-corrected chi connectivity index (χ1v) is 7.40. The van der Waals surface area contributed by atoms with Gasteiger partial charge in [0.25, 0.3) is 5.69 Å². The Kier molecular flexibility index (Phi) is 4.60. The lowest BCUT2D eigenvalue weighted by molar-refractivity contribution is -0.384. The van der Waals surface area contributed by atoms with Crippen molar-refractivity contribution in [2.24, 2.45) is 11.3 Å². The average molecular weight is 291 g/mol. The Morgan fingerprint density at radius 1 is 1.43 bits per heavy atom. The van der Waals surface area contributed by atoms with Gasteiger partial charge in [-0.2, -0.15) is 0 Å². The lowest BCUT2D eigenvalue weighted by atomic mass is 9.67. The quantitative estimate of drug-likeness (QED) is 0.660. The molecule has 1 fully saturated rings. The molecule has 2 rings (SSSR count). The third-order valence-corrected chi connectivity index (χ3v) is 4.58. The van der Waals surface area contributed by atoms with Gasteiger partial charge in [0.1, 0.15) is 0 Å². The number of benzene rings is 1. The Morgan fingerprint density at radius 3 is 2.62 bits per heavy atom. The maximum atomic E-state index is 11.7. The normalized spacial score (nSPS) is 25.5. The average Bonchev–Trinajstić information content (AvgIpc) is 2.45. The molecule has 5 heteroatoms. The highest BCUT2D eigenvalue weighted by molar-refractivity contribution is 5.74. The molecule has 1 aromatic carbocycles. The zero-order valence-corrected chi connectivity index (χ0v) is 12.2. The first-order chi connectivity index (χ1) is 9.93. The SMILES string of the molecule is CC1CCCC(CCc2ccc([N+](=O)[O-])cc2)(C(=O)O)C1. The Morgan fingerprint density at radius 2 is 2.10 bits per heavy atom.